The number of rotatable bonds is 4. The molecule has 0 aromatic heterocycles. The third-order valence-corrected chi connectivity index (χ3v) is 8.84. The van der Waals surface area contributed by atoms with Crippen LogP contribution in [-0.4, -0.2) is 20.5 Å². The van der Waals surface area contributed by atoms with E-state index < -0.39 is 8.32 Å². The lowest BCUT2D eigenvalue weighted by Crippen LogP contribution is -2.48. The fourth-order valence-corrected chi connectivity index (χ4v) is 3.03. The van der Waals surface area contributed by atoms with Crippen molar-refractivity contribution in [1.82, 2.24) is 0 Å². The summed E-state index contributed by atoms with van der Waals surface area (Å²) in [7, 11) is -1.60. The van der Waals surface area contributed by atoms with Crippen LogP contribution in [0, 0.1) is 5.92 Å². The fraction of sp³-hybridized carbons (Fsp3) is 0.857. The average molecular weight is 256 g/mol. The molecule has 1 rings (SSSR count). The summed E-state index contributed by atoms with van der Waals surface area (Å²) in [4.78, 5) is 0. The first-order valence-electron chi connectivity index (χ1n) is 6.49. The van der Waals surface area contributed by atoms with E-state index in [1.165, 1.54) is 0 Å². The van der Waals surface area contributed by atoms with Gasteiger partial charge >= 0.3 is 0 Å². The number of hydrogen-bond acceptors (Lipinski definition) is 2. The molecule has 0 saturated carbocycles. The third kappa shape index (κ3) is 3.13. The zero-order valence-corrected chi connectivity index (χ0v) is 13.5. The molecule has 1 fully saturated rings. The Morgan fingerprint density at radius 1 is 1.35 bits per heavy atom. The summed E-state index contributed by atoms with van der Waals surface area (Å²) in [6.07, 6.45) is 1.03. The van der Waals surface area contributed by atoms with Crippen molar-refractivity contribution >= 4 is 8.32 Å². The van der Waals surface area contributed by atoms with Crippen molar-refractivity contribution in [3.05, 3.63) is 12.3 Å². The minimum absolute atomic E-state index is 0.0477. The van der Waals surface area contributed by atoms with Crippen molar-refractivity contribution in [2.75, 3.05) is 6.61 Å². The first-order chi connectivity index (χ1) is 7.47. The molecule has 0 aliphatic carbocycles. The molecule has 3 heteroatoms. The monoisotopic (exact) mass is 256 g/mol. The second-order valence-corrected chi connectivity index (χ2v) is 11.9. The van der Waals surface area contributed by atoms with Gasteiger partial charge in [-0.15, -0.1) is 0 Å². The summed E-state index contributed by atoms with van der Waals surface area (Å²) in [6.45, 7) is 20.4. The molecule has 0 radical (unpaired) electrons. The third-order valence-electron chi connectivity index (χ3n) is 4.30. The fourth-order valence-electron chi connectivity index (χ4n) is 1.97. The molecule has 2 nitrogen and oxygen atoms in total. The molecule has 1 heterocycles. The van der Waals surface area contributed by atoms with Crippen molar-refractivity contribution in [3.8, 4) is 0 Å². The number of ether oxygens (including phenoxy) is 1. The van der Waals surface area contributed by atoms with Crippen LogP contribution in [0.5, 0.6) is 0 Å². The van der Waals surface area contributed by atoms with Gasteiger partial charge in [-0.25, -0.2) is 0 Å². The minimum atomic E-state index is -1.60. The summed E-state index contributed by atoms with van der Waals surface area (Å²) in [5.74, 6) is 1.38. The van der Waals surface area contributed by atoms with Crippen molar-refractivity contribution in [2.24, 2.45) is 5.92 Å². The highest BCUT2D eigenvalue weighted by molar-refractivity contribution is 6.74. The van der Waals surface area contributed by atoms with E-state index >= 15 is 0 Å². The van der Waals surface area contributed by atoms with Crippen LogP contribution >= 0.6 is 0 Å². The molecular weight excluding hydrogens is 228 g/mol. The summed E-state index contributed by atoms with van der Waals surface area (Å²) in [5.41, 5.74) is -0.0477. The summed E-state index contributed by atoms with van der Waals surface area (Å²) in [5, 5.41) is 0.287. The van der Waals surface area contributed by atoms with E-state index in [1.807, 2.05) is 0 Å². The van der Waals surface area contributed by atoms with Gasteiger partial charge in [-0.1, -0.05) is 27.4 Å². The summed E-state index contributed by atoms with van der Waals surface area (Å²) >= 11 is 0. The van der Waals surface area contributed by atoms with Crippen molar-refractivity contribution in [1.29, 1.82) is 0 Å². The molecule has 0 spiro atoms. The van der Waals surface area contributed by atoms with Gasteiger partial charge in [-0.2, -0.15) is 0 Å². The Balaban J connectivity index is 2.41. The largest absolute Gasteiger partial charge is 0.492 e. The Hall–Kier alpha value is -0.283. The lowest BCUT2D eigenvalue weighted by molar-refractivity contribution is -0.121. The van der Waals surface area contributed by atoms with Crippen LogP contribution in [0.25, 0.3) is 0 Å². The van der Waals surface area contributed by atoms with Gasteiger partial charge in [-0.3, -0.25) is 0 Å². The first-order valence-corrected chi connectivity index (χ1v) is 9.40. The smallest absolute Gasteiger partial charge is 0.191 e. The van der Waals surface area contributed by atoms with E-state index in [4.69, 9.17) is 9.16 Å². The molecule has 1 unspecified atom stereocenters. The Morgan fingerprint density at radius 3 is 2.24 bits per heavy atom. The zero-order valence-electron chi connectivity index (χ0n) is 12.5. The van der Waals surface area contributed by atoms with Crippen LogP contribution in [0.1, 0.15) is 41.0 Å². The van der Waals surface area contributed by atoms with Crippen molar-refractivity contribution in [2.45, 2.75) is 64.8 Å². The second kappa shape index (κ2) is 4.43. The van der Waals surface area contributed by atoms with E-state index in [0.717, 1.165) is 18.8 Å². The molecule has 1 atom stereocenters. The van der Waals surface area contributed by atoms with Gasteiger partial charge in [0.25, 0.3) is 0 Å². The molecule has 1 aliphatic heterocycles. The average Bonchev–Trinajstić information content (AvgIpc) is 2.09. The highest BCUT2D eigenvalue weighted by Crippen LogP contribution is 2.43. The summed E-state index contributed by atoms with van der Waals surface area (Å²) < 4.78 is 11.7. The molecular formula is C14H28O2Si. The van der Waals surface area contributed by atoms with Gasteiger partial charge in [0.15, 0.2) is 8.32 Å². The zero-order chi connectivity index (χ0) is 13.5. The topological polar surface area (TPSA) is 18.5 Å². The van der Waals surface area contributed by atoms with Gasteiger partial charge < -0.3 is 9.16 Å². The van der Waals surface area contributed by atoms with Gasteiger partial charge in [0.05, 0.1) is 11.7 Å². The molecule has 0 aromatic carbocycles. The van der Waals surface area contributed by atoms with Crippen LogP contribution in [-0.2, 0) is 9.16 Å². The van der Waals surface area contributed by atoms with E-state index in [2.05, 4.69) is 54.3 Å². The Kier molecular flexibility index (Phi) is 3.85. The molecule has 0 aromatic rings. The van der Waals surface area contributed by atoms with Crippen molar-refractivity contribution < 1.29 is 9.16 Å². The quantitative estimate of drug-likeness (QED) is 0.697. The van der Waals surface area contributed by atoms with E-state index in [0.29, 0.717) is 5.92 Å². The van der Waals surface area contributed by atoms with Crippen LogP contribution in [0.15, 0.2) is 12.3 Å². The Morgan fingerprint density at radius 2 is 1.88 bits per heavy atom. The maximum Gasteiger partial charge on any atom is 0.191 e. The molecule has 1 saturated heterocycles. The standard InChI is InChI=1S/C14H28O2Si/c1-11-12(14(5,6)16-11)9-10-15-17(7,8)13(2,3)4/h12H,1,9-10H2,2-8H3. The lowest BCUT2D eigenvalue weighted by atomic mass is 9.81. The lowest BCUT2D eigenvalue weighted by Gasteiger charge is -2.47. The van der Waals surface area contributed by atoms with Gasteiger partial charge in [0.1, 0.15) is 5.60 Å². The number of hydrogen-bond donors (Lipinski definition) is 0. The van der Waals surface area contributed by atoms with Crippen LogP contribution in [0.3, 0.4) is 0 Å². The highest BCUT2D eigenvalue weighted by Gasteiger charge is 2.45. The molecule has 0 amide bonds. The van der Waals surface area contributed by atoms with Crippen LogP contribution in [0.4, 0.5) is 0 Å². The Bertz CT molecular complexity index is 300. The maximum absolute atomic E-state index is 6.18. The first kappa shape index (κ1) is 14.8. The Labute approximate surface area is 108 Å². The molecule has 17 heavy (non-hydrogen) atoms. The van der Waals surface area contributed by atoms with Gasteiger partial charge in [0.2, 0.25) is 0 Å². The highest BCUT2D eigenvalue weighted by atomic mass is 28.4. The predicted molar refractivity (Wildman–Crippen MR) is 75.6 cm³/mol. The predicted octanol–water partition coefficient (Wildman–Crippen LogP) is 4.34. The molecule has 0 N–H and O–H groups in total. The SMILES string of the molecule is C=C1OC(C)(C)C1CCO[Si](C)(C)C(C)(C)C. The van der Waals surface area contributed by atoms with Crippen LogP contribution < -0.4 is 0 Å². The maximum atomic E-state index is 6.18. The second-order valence-electron chi connectivity index (χ2n) is 7.12. The van der Waals surface area contributed by atoms with E-state index in [1.54, 1.807) is 0 Å². The van der Waals surface area contributed by atoms with Gasteiger partial charge in [-0.05, 0) is 38.4 Å². The van der Waals surface area contributed by atoms with E-state index in [9.17, 15) is 0 Å². The molecule has 0 bridgehead atoms. The normalized spacial score (nSPS) is 24.2. The van der Waals surface area contributed by atoms with E-state index in [-0.39, 0.29) is 10.6 Å². The molecule has 100 valence electrons. The van der Waals surface area contributed by atoms with Crippen molar-refractivity contribution in [3.63, 3.8) is 0 Å². The summed E-state index contributed by atoms with van der Waals surface area (Å²) in [6, 6.07) is 0. The van der Waals surface area contributed by atoms with Crippen LogP contribution in [0.2, 0.25) is 18.1 Å². The minimum Gasteiger partial charge on any atom is -0.492 e. The molecule has 1 aliphatic rings. The van der Waals surface area contributed by atoms with Gasteiger partial charge in [0, 0.05) is 6.61 Å².